The van der Waals surface area contributed by atoms with Crippen LogP contribution >= 0.6 is 0 Å². The molecule has 0 spiro atoms. The molecule has 3 nitrogen and oxygen atoms in total. The number of nitrogens with zero attached hydrogens (tertiary/aromatic N) is 1. The molecule has 4 heteroatoms. The van der Waals surface area contributed by atoms with Crippen LogP contribution in [0.1, 0.15) is 12.8 Å². The van der Waals surface area contributed by atoms with Crippen molar-refractivity contribution in [2.24, 2.45) is 5.92 Å². The van der Waals surface area contributed by atoms with E-state index in [9.17, 15) is 9.18 Å². The van der Waals surface area contributed by atoms with Crippen molar-refractivity contribution in [2.75, 3.05) is 13.1 Å². The summed E-state index contributed by atoms with van der Waals surface area (Å²) in [6.07, 6.45) is 0.796. The maximum Gasteiger partial charge on any atom is 0.228 e. The van der Waals surface area contributed by atoms with E-state index in [1.165, 1.54) is 6.42 Å². The molecule has 4 rings (SSSR count). The van der Waals surface area contributed by atoms with E-state index < -0.39 is 6.17 Å². The van der Waals surface area contributed by atoms with Crippen molar-refractivity contribution >= 4 is 5.91 Å². The number of nitrogens with one attached hydrogen (secondary N) is 1. The van der Waals surface area contributed by atoms with Crippen LogP contribution in [0, 0.1) is 5.92 Å². The Morgan fingerprint density at radius 1 is 1.31 bits per heavy atom. The zero-order valence-electron chi connectivity index (χ0n) is 7.37. The number of hydrogen-bond acceptors (Lipinski definition) is 2. The van der Waals surface area contributed by atoms with Crippen LogP contribution in [0.5, 0.6) is 0 Å². The summed E-state index contributed by atoms with van der Waals surface area (Å²) in [7, 11) is 0. The number of carbonyl (C=O) groups excluding carboxylic acids is 1. The first-order chi connectivity index (χ1) is 6.24. The van der Waals surface area contributed by atoms with Crippen molar-refractivity contribution < 1.29 is 9.18 Å². The van der Waals surface area contributed by atoms with Crippen molar-refractivity contribution in [1.82, 2.24) is 10.2 Å². The predicted molar refractivity (Wildman–Crippen MR) is 44.9 cm³/mol. The Labute approximate surface area is 76.3 Å². The van der Waals surface area contributed by atoms with E-state index >= 15 is 0 Å². The minimum absolute atomic E-state index is 0.0451. The number of fused-ring (bicyclic) bond motifs is 2. The van der Waals surface area contributed by atoms with Gasteiger partial charge in [0, 0.05) is 25.2 Å². The van der Waals surface area contributed by atoms with Gasteiger partial charge < -0.3 is 10.2 Å². The highest BCUT2D eigenvalue weighted by Crippen LogP contribution is 2.36. The Morgan fingerprint density at radius 3 is 2.31 bits per heavy atom. The number of amides is 1. The highest BCUT2D eigenvalue weighted by Gasteiger charge is 2.48. The highest BCUT2D eigenvalue weighted by atomic mass is 19.1. The standard InChI is InChI=1S/C9H13FN2O/c10-8-2-7(8)9(13)12-3-5-1-6(4-12)11-5/h5-8,11H,1-4H2/t5?,6?,7-,8+/m1/s1. The van der Waals surface area contributed by atoms with Crippen LogP contribution in [-0.4, -0.2) is 42.2 Å². The van der Waals surface area contributed by atoms with Crippen LogP contribution in [0.4, 0.5) is 4.39 Å². The number of rotatable bonds is 1. The molecule has 4 fully saturated rings. The molecule has 0 aromatic carbocycles. The summed E-state index contributed by atoms with van der Waals surface area (Å²) < 4.78 is 12.6. The van der Waals surface area contributed by atoms with E-state index in [1.54, 1.807) is 0 Å². The first-order valence-corrected chi connectivity index (χ1v) is 4.93. The van der Waals surface area contributed by atoms with Crippen LogP contribution in [0.3, 0.4) is 0 Å². The molecule has 1 aliphatic carbocycles. The topological polar surface area (TPSA) is 32.3 Å². The van der Waals surface area contributed by atoms with Gasteiger partial charge in [0.1, 0.15) is 6.17 Å². The molecule has 1 amide bonds. The predicted octanol–water partition coefficient (Wildman–Crippen LogP) is -0.0829. The lowest BCUT2D eigenvalue weighted by Gasteiger charge is -2.48. The van der Waals surface area contributed by atoms with Crippen LogP contribution < -0.4 is 5.32 Å². The number of carbonyl (C=O) groups is 1. The summed E-state index contributed by atoms with van der Waals surface area (Å²) in [6.45, 7) is 1.58. The molecule has 3 heterocycles. The van der Waals surface area contributed by atoms with Gasteiger partial charge in [-0.2, -0.15) is 0 Å². The van der Waals surface area contributed by atoms with Gasteiger partial charge in [-0.1, -0.05) is 0 Å². The maximum atomic E-state index is 12.6. The molecular weight excluding hydrogens is 171 g/mol. The molecule has 72 valence electrons. The number of hydrogen-bond donors (Lipinski definition) is 1. The number of piperidine rings is 1. The van der Waals surface area contributed by atoms with Crippen molar-refractivity contribution in [3.63, 3.8) is 0 Å². The second-order valence-corrected chi connectivity index (χ2v) is 4.40. The lowest BCUT2D eigenvalue weighted by Crippen LogP contribution is -2.67. The third-order valence-electron chi connectivity index (χ3n) is 3.26. The second-order valence-electron chi connectivity index (χ2n) is 4.40. The van der Waals surface area contributed by atoms with Gasteiger partial charge in [0.25, 0.3) is 0 Å². The monoisotopic (exact) mass is 184 g/mol. The van der Waals surface area contributed by atoms with Gasteiger partial charge in [-0.3, -0.25) is 4.79 Å². The smallest absolute Gasteiger partial charge is 0.228 e. The molecule has 0 radical (unpaired) electrons. The third kappa shape index (κ3) is 1.15. The summed E-state index contributed by atoms with van der Waals surface area (Å²) in [6, 6.07) is 0.971. The molecule has 3 aliphatic heterocycles. The molecule has 0 aromatic rings. The Morgan fingerprint density at radius 2 is 1.85 bits per heavy atom. The van der Waals surface area contributed by atoms with Crippen molar-refractivity contribution in [1.29, 1.82) is 0 Å². The average Bonchev–Trinajstić information content (AvgIpc) is 2.80. The van der Waals surface area contributed by atoms with Crippen molar-refractivity contribution in [3.05, 3.63) is 0 Å². The van der Waals surface area contributed by atoms with E-state index in [0.717, 1.165) is 13.1 Å². The van der Waals surface area contributed by atoms with Crippen LogP contribution in [0.2, 0.25) is 0 Å². The summed E-state index contributed by atoms with van der Waals surface area (Å²) in [4.78, 5) is 13.4. The minimum Gasteiger partial charge on any atom is -0.339 e. The zero-order valence-corrected chi connectivity index (χ0v) is 7.37. The molecular formula is C9H13FN2O. The summed E-state index contributed by atoms with van der Waals surface area (Å²) in [5.41, 5.74) is 0. The average molecular weight is 184 g/mol. The lowest BCUT2D eigenvalue weighted by atomic mass is 9.91. The quantitative estimate of drug-likeness (QED) is 0.618. The highest BCUT2D eigenvalue weighted by molar-refractivity contribution is 5.82. The summed E-state index contributed by atoms with van der Waals surface area (Å²) in [5.74, 6) is -0.249. The van der Waals surface area contributed by atoms with Gasteiger partial charge in [-0.15, -0.1) is 0 Å². The number of halogens is 1. The first kappa shape index (κ1) is 7.74. The molecule has 13 heavy (non-hydrogen) atoms. The molecule has 2 unspecified atom stereocenters. The van der Waals surface area contributed by atoms with Crippen molar-refractivity contribution in [2.45, 2.75) is 31.1 Å². The van der Waals surface area contributed by atoms with E-state index in [4.69, 9.17) is 0 Å². The molecule has 4 atom stereocenters. The number of piperazine rings is 1. The number of alkyl halides is 1. The maximum absolute atomic E-state index is 12.6. The Hall–Kier alpha value is -0.640. The fraction of sp³-hybridized carbons (Fsp3) is 0.889. The Balaban J connectivity index is 1.63. The van der Waals surface area contributed by atoms with Gasteiger partial charge in [0.05, 0.1) is 5.92 Å². The zero-order chi connectivity index (χ0) is 9.00. The summed E-state index contributed by atoms with van der Waals surface area (Å²) in [5, 5.41) is 3.35. The molecule has 3 saturated heterocycles. The van der Waals surface area contributed by atoms with Gasteiger partial charge in [0.2, 0.25) is 5.91 Å². The molecule has 1 saturated carbocycles. The fourth-order valence-corrected chi connectivity index (χ4v) is 2.35. The minimum atomic E-state index is -0.848. The molecule has 2 bridgehead atoms. The van der Waals surface area contributed by atoms with E-state index in [-0.39, 0.29) is 11.8 Å². The lowest BCUT2D eigenvalue weighted by molar-refractivity contribution is -0.137. The van der Waals surface area contributed by atoms with E-state index in [1.807, 2.05) is 4.90 Å². The molecule has 1 N–H and O–H groups in total. The van der Waals surface area contributed by atoms with Crippen molar-refractivity contribution in [3.8, 4) is 0 Å². The van der Waals surface area contributed by atoms with Gasteiger partial charge in [-0.05, 0) is 12.8 Å². The van der Waals surface area contributed by atoms with Crippen LogP contribution in [-0.2, 0) is 4.79 Å². The van der Waals surface area contributed by atoms with Crippen LogP contribution in [0.25, 0.3) is 0 Å². The SMILES string of the molecule is O=C([C@@H]1C[C@@H]1F)N1CC2CC(C1)N2. The first-order valence-electron chi connectivity index (χ1n) is 4.93. The Bertz CT molecular complexity index is 242. The van der Waals surface area contributed by atoms with Gasteiger partial charge in [-0.25, -0.2) is 4.39 Å². The van der Waals surface area contributed by atoms with Gasteiger partial charge in [0.15, 0.2) is 0 Å². The largest absolute Gasteiger partial charge is 0.339 e. The normalized spacial score (nSPS) is 47.0. The summed E-state index contributed by atoms with van der Waals surface area (Å²) >= 11 is 0. The second kappa shape index (κ2) is 2.44. The van der Waals surface area contributed by atoms with Gasteiger partial charge >= 0.3 is 0 Å². The molecule has 4 aliphatic rings. The van der Waals surface area contributed by atoms with E-state index in [2.05, 4.69) is 5.32 Å². The van der Waals surface area contributed by atoms with E-state index in [0.29, 0.717) is 18.5 Å². The Kier molecular flexibility index (Phi) is 1.45. The van der Waals surface area contributed by atoms with Crippen LogP contribution in [0.15, 0.2) is 0 Å². The fourth-order valence-electron chi connectivity index (χ4n) is 2.35. The molecule has 0 aromatic heterocycles. The third-order valence-corrected chi connectivity index (χ3v) is 3.26.